The van der Waals surface area contributed by atoms with Crippen molar-refractivity contribution in [3.8, 4) is 0 Å². The van der Waals surface area contributed by atoms with Crippen LogP contribution < -0.4 is 10.2 Å². The van der Waals surface area contributed by atoms with Gasteiger partial charge in [0.25, 0.3) is 0 Å². The molecule has 0 unspecified atom stereocenters. The summed E-state index contributed by atoms with van der Waals surface area (Å²) in [4.78, 5) is 16.1. The highest BCUT2D eigenvalue weighted by Gasteiger charge is 2.41. The van der Waals surface area contributed by atoms with E-state index in [1.165, 1.54) is 0 Å². The maximum atomic E-state index is 13.7. The van der Waals surface area contributed by atoms with Crippen molar-refractivity contribution in [2.45, 2.75) is 25.4 Å². The molecule has 0 fully saturated rings. The molecule has 0 saturated heterocycles. The molecule has 0 aromatic heterocycles. The van der Waals surface area contributed by atoms with E-state index >= 15 is 0 Å². The van der Waals surface area contributed by atoms with Crippen LogP contribution in [0.4, 0.5) is 11.4 Å². The molecule has 4 aromatic carbocycles. The lowest BCUT2D eigenvalue weighted by Crippen LogP contribution is -2.41. The number of hydrogen-bond acceptors (Lipinski definition) is 4. The van der Waals surface area contributed by atoms with Crippen molar-refractivity contribution < 1.29 is 9.53 Å². The largest absolute Gasteiger partial charge is 0.463 e. The van der Waals surface area contributed by atoms with Gasteiger partial charge < -0.3 is 15.0 Å². The monoisotopic (exact) mass is 586 g/mol. The quantitative estimate of drug-likeness (QED) is 0.220. The molecule has 4 aromatic rings. The van der Waals surface area contributed by atoms with Crippen LogP contribution in [0, 0.1) is 0 Å². The Morgan fingerprint density at radius 2 is 1.50 bits per heavy atom. The molecule has 4 nitrogen and oxygen atoms in total. The van der Waals surface area contributed by atoms with Crippen molar-refractivity contribution in [2.75, 3.05) is 16.8 Å². The first-order valence-corrected chi connectivity index (χ1v) is 13.8. The number of anilines is 2. The van der Waals surface area contributed by atoms with Crippen molar-refractivity contribution in [3.05, 3.63) is 141 Å². The molecule has 0 saturated carbocycles. The Balaban J connectivity index is 1.76. The number of rotatable bonds is 7. The summed E-state index contributed by atoms with van der Waals surface area (Å²) >= 11 is 9.80. The molecule has 0 bridgehead atoms. The predicted octanol–water partition coefficient (Wildman–Crippen LogP) is 8.72. The lowest BCUT2D eigenvalue weighted by atomic mass is 9.84. The fourth-order valence-corrected chi connectivity index (χ4v) is 5.40. The zero-order valence-corrected chi connectivity index (χ0v) is 23.3. The molecule has 0 radical (unpaired) electrons. The zero-order chi connectivity index (χ0) is 26.5. The van der Waals surface area contributed by atoms with E-state index in [4.69, 9.17) is 16.3 Å². The lowest BCUT2D eigenvalue weighted by molar-refractivity contribution is -0.139. The highest BCUT2D eigenvalue weighted by molar-refractivity contribution is 9.10. The number of esters is 1. The van der Waals surface area contributed by atoms with Crippen LogP contribution in [-0.2, 0) is 9.53 Å². The fraction of sp³-hybridized carbons (Fsp3) is 0.156. The minimum atomic E-state index is -0.395. The number of nitrogens with zero attached hydrogens (tertiary/aromatic N) is 1. The van der Waals surface area contributed by atoms with Crippen LogP contribution in [0.15, 0.2) is 125 Å². The van der Waals surface area contributed by atoms with Gasteiger partial charge in [0.05, 0.1) is 24.3 Å². The molecular weight excluding hydrogens is 560 g/mol. The molecule has 6 heteroatoms. The first-order valence-electron chi connectivity index (χ1n) is 12.6. The molecule has 1 aliphatic heterocycles. The highest BCUT2D eigenvalue weighted by Crippen LogP contribution is 2.48. The Morgan fingerprint density at radius 3 is 2.11 bits per heavy atom. The molecule has 38 heavy (non-hydrogen) atoms. The van der Waals surface area contributed by atoms with E-state index < -0.39 is 6.04 Å². The standard InChI is InChI=1S/C32H28BrClN2O2/c1-2-38-32(37)30-28(35-26-17-13-24(33)14-18-26)21-29(22-9-5-3-6-10-22)36(27-19-15-25(34)16-20-27)31(30)23-11-7-4-8-12-23/h3-20,29,31,35H,2,21H2,1H3/t29-,31+/m0/s1. The molecule has 1 aliphatic rings. The second-order valence-electron chi connectivity index (χ2n) is 9.07. The van der Waals surface area contributed by atoms with Gasteiger partial charge in [-0.2, -0.15) is 0 Å². The van der Waals surface area contributed by atoms with Crippen LogP contribution in [0.25, 0.3) is 0 Å². The molecule has 192 valence electrons. The molecule has 1 heterocycles. The van der Waals surface area contributed by atoms with Gasteiger partial charge in [0.1, 0.15) is 0 Å². The van der Waals surface area contributed by atoms with Crippen molar-refractivity contribution in [2.24, 2.45) is 0 Å². The molecule has 2 atom stereocenters. The van der Waals surface area contributed by atoms with E-state index in [2.05, 4.69) is 62.5 Å². The predicted molar refractivity (Wildman–Crippen MR) is 158 cm³/mol. The third kappa shape index (κ3) is 5.64. The number of carbonyl (C=O) groups excluding carboxylic acids is 1. The number of halogens is 2. The second-order valence-corrected chi connectivity index (χ2v) is 10.4. The number of ether oxygens (including phenoxy) is 1. The number of carbonyl (C=O) groups is 1. The van der Waals surface area contributed by atoms with Gasteiger partial charge in [0, 0.05) is 33.0 Å². The van der Waals surface area contributed by atoms with Gasteiger partial charge in [-0.05, 0) is 66.6 Å². The van der Waals surface area contributed by atoms with Crippen LogP contribution in [0.1, 0.15) is 36.6 Å². The summed E-state index contributed by atoms with van der Waals surface area (Å²) in [5.41, 5.74) is 5.48. The van der Waals surface area contributed by atoms with Crippen molar-refractivity contribution in [3.63, 3.8) is 0 Å². The summed E-state index contributed by atoms with van der Waals surface area (Å²) < 4.78 is 6.66. The van der Waals surface area contributed by atoms with Crippen LogP contribution in [0.5, 0.6) is 0 Å². The Bertz CT molecular complexity index is 1410. The molecule has 1 N–H and O–H groups in total. The Kier molecular flexibility index (Phi) is 8.16. The second kappa shape index (κ2) is 11.9. The minimum absolute atomic E-state index is 0.0568. The SMILES string of the molecule is CCOC(=O)C1=C(Nc2ccc(Br)cc2)C[C@@H](c2ccccc2)N(c2ccc(Cl)cc2)[C@@H]1c1ccccc1. The zero-order valence-electron chi connectivity index (χ0n) is 21.0. The van der Waals surface area contributed by atoms with Crippen LogP contribution in [0.3, 0.4) is 0 Å². The van der Waals surface area contributed by atoms with Crippen LogP contribution in [0.2, 0.25) is 5.02 Å². The summed E-state index contributed by atoms with van der Waals surface area (Å²) in [6, 6.07) is 35.9. The maximum absolute atomic E-state index is 13.7. The summed E-state index contributed by atoms with van der Waals surface area (Å²) in [6.07, 6.45) is 0.584. The van der Waals surface area contributed by atoms with E-state index in [0.717, 1.165) is 32.7 Å². The summed E-state index contributed by atoms with van der Waals surface area (Å²) in [7, 11) is 0. The van der Waals surface area contributed by atoms with Gasteiger partial charge >= 0.3 is 5.97 Å². The van der Waals surface area contributed by atoms with E-state index in [-0.39, 0.29) is 12.0 Å². The Hall–Kier alpha value is -3.54. The van der Waals surface area contributed by atoms with Gasteiger partial charge in [-0.15, -0.1) is 0 Å². The molecule has 0 amide bonds. The maximum Gasteiger partial charge on any atom is 0.338 e. The normalized spacial score (nSPS) is 17.3. The topological polar surface area (TPSA) is 41.6 Å². The molecular formula is C32H28BrClN2O2. The number of benzene rings is 4. The average molecular weight is 588 g/mol. The molecule has 5 rings (SSSR count). The average Bonchev–Trinajstić information content (AvgIpc) is 2.95. The van der Waals surface area contributed by atoms with E-state index in [9.17, 15) is 4.79 Å². The van der Waals surface area contributed by atoms with E-state index in [1.54, 1.807) is 0 Å². The first-order chi connectivity index (χ1) is 18.5. The third-order valence-electron chi connectivity index (χ3n) is 6.67. The third-order valence-corrected chi connectivity index (χ3v) is 7.45. The van der Waals surface area contributed by atoms with Crippen LogP contribution in [-0.4, -0.2) is 12.6 Å². The van der Waals surface area contributed by atoms with Crippen molar-refractivity contribution >= 4 is 44.9 Å². The molecule has 0 spiro atoms. The summed E-state index contributed by atoms with van der Waals surface area (Å²) in [5.74, 6) is -0.327. The summed E-state index contributed by atoms with van der Waals surface area (Å²) in [5, 5.41) is 4.25. The van der Waals surface area contributed by atoms with E-state index in [1.807, 2.05) is 79.7 Å². The van der Waals surface area contributed by atoms with Gasteiger partial charge in [-0.1, -0.05) is 88.2 Å². The highest BCUT2D eigenvalue weighted by atomic mass is 79.9. The number of nitrogens with one attached hydrogen (secondary N) is 1. The Morgan fingerprint density at radius 1 is 0.895 bits per heavy atom. The van der Waals surface area contributed by atoms with Gasteiger partial charge in [-0.25, -0.2) is 4.79 Å². The van der Waals surface area contributed by atoms with Gasteiger partial charge in [-0.3, -0.25) is 0 Å². The lowest BCUT2D eigenvalue weighted by Gasteiger charge is -2.46. The van der Waals surface area contributed by atoms with Crippen LogP contribution >= 0.6 is 27.5 Å². The molecule has 0 aliphatic carbocycles. The van der Waals surface area contributed by atoms with E-state index in [0.29, 0.717) is 23.6 Å². The summed E-state index contributed by atoms with van der Waals surface area (Å²) in [6.45, 7) is 2.13. The Labute approximate surface area is 237 Å². The fourth-order valence-electron chi connectivity index (χ4n) is 5.01. The number of hydrogen-bond donors (Lipinski definition) is 1. The van der Waals surface area contributed by atoms with Gasteiger partial charge in [0.2, 0.25) is 0 Å². The van der Waals surface area contributed by atoms with Crippen molar-refractivity contribution in [1.82, 2.24) is 0 Å². The van der Waals surface area contributed by atoms with Crippen molar-refractivity contribution in [1.29, 1.82) is 0 Å². The smallest absolute Gasteiger partial charge is 0.338 e. The first kappa shape index (κ1) is 26.1. The minimum Gasteiger partial charge on any atom is -0.463 e. The van der Waals surface area contributed by atoms with Gasteiger partial charge in [0.15, 0.2) is 0 Å².